The van der Waals surface area contributed by atoms with Crippen molar-refractivity contribution in [2.24, 2.45) is 9.32 Å². The van der Waals surface area contributed by atoms with E-state index in [0.29, 0.717) is 37.4 Å². The lowest BCUT2D eigenvalue weighted by molar-refractivity contribution is -0.127. The number of carbonyl (C=O) groups is 4. The molecule has 0 atom stereocenters. The zero-order valence-corrected chi connectivity index (χ0v) is 42.8. The Labute approximate surface area is 392 Å². The highest BCUT2D eigenvalue weighted by Gasteiger charge is 2.31. The third-order valence-corrected chi connectivity index (χ3v) is 11.8. The molecule has 0 bridgehead atoms. The summed E-state index contributed by atoms with van der Waals surface area (Å²) in [7, 11) is -2.63. The fraction of sp³-hybridized carbons (Fsp3) is 0.311. The van der Waals surface area contributed by atoms with E-state index in [2.05, 4.69) is 127 Å². The summed E-state index contributed by atoms with van der Waals surface area (Å²) in [5, 5.41) is 3.32. The van der Waals surface area contributed by atoms with Crippen molar-refractivity contribution >= 4 is 114 Å². The number of fused-ring (bicyclic) bond motifs is 3. The molecular weight excluding hydrogens is 1040 g/mol. The van der Waals surface area contributed by atoms with E-state index < -0.39 is 39.9 Å². The van der Waals surface area contributed by atoms with E-state index in [1.54, 1.807) is 43.9 Å². The molecule has 4 aromatic carbocycles. The number of rotatable bonds is 6. The molecule has 3 heterocycles. The van der Waals surface area contributed by atoms with Gasteiger partial charge in [-0.2, -0.15) is 0 Å². The Morgan fingerprint density at radius 2 is 1.21 bits per heavy atom. The van der Waals surface area contributed by atoms with Gasteiger partial charge >= 0.3 is 6.09 Å². The van der Waals surface area contributed by atoms with Gasteiger partial charge in [0.2, 0.25) is 5.95 Å². The van der Waals surface area contributed by atoms with Gasteiger partial charge in [-0.15, -0.1) is 0 Å². The van der Waals surface area contributed by atoms with E-state index in [-0.39, 0.29) is 23.1 Å². The topological polar surface area (TPSA) is 173 Å². The lowest BCUT2D eigenvalue weighted by Gasteiger charge is -2.21. The monoisotopic (exact) mass is 1090 g/mol. The summed E-state index contributed by atoms with van der Waals surface area (Å²) in [6.07, 6.45) is -0.677. The molecule has 3 N–H and O–H groups in total. The molecule has 0 saturated carbocycles. The van der Waals surface area contributed by atoms with Gasteiger partial charge in [-0.1, -0.05) is 48.5 Å². The minimum atomic E-state index is -1.31. The smallest absolute Gasteiger partial charge is 0.412 e. The normalized spacial score (nSPS) is 13.0. The molecule has 2 aliphatic rings. The molecule has 62 heavy (non-hydrogen) atoms. The van der Waals surface area contributed by atoms with Crippen LogP contribution in [0.4, 0.5) is 16.4 Å². The van der Waals surface area contributed by atoms with Crippen molar-refractivity contribution in [3.8, 4) is 0 Å². The molecule has 0 unspecified atom stereocenters. The van der Waals surface area contributed by atoms with E-state index in [0.717, 1.165) is 23.7 Å². The van der Waals surface area contributed by atoms with Crippen LogP contribution in [0.1, 0.15) is 63.9 Å². The summed E-state index contributed by atoms with van der Waals surface area (Å²) in [4.78, 5) is 62.6. The van der Waals surface area contributed by atoms with Crippen LogP contribution in [0.15, 0.2) is 94.2 Å². The molecule has 13 nitrogen and oxygen atoms in total. The molecule has 0 aliphatic carbocycles. The van der Waals surface area contributed by atoms with Gasteiger partial charge in [0, 0.05) is 38.7 Å². The summed E-state index contributed by atoms with van der Waals surface area (Å²) in [6, 6.07) is 29.3. The Morgan fingerprint density at radius 1 is 0.726 bits per heavy atom. The van der Waals surface area contributed by atoms with Crippen LogP contribution in [0.2, 0.25) is 39.3 Å². The minimum Gasteiger partial charge on any atom is -0.444 e. The average molecular weight is 1090 g/mol. The summed E-state index contributed by atoms with van der Waals surface area (Å²) in [5.41, 5.74) is 11.0. The number of halogens is 2. The van der Waals surface area contributed by atoms with Gasteiger partial charge in [0.15, 0.2) is 16.5 Å². The molecule has 324 valence electrons. The van der Waals surface area contributed by atoms with E-state index in [1.807, 2.05) is 54.6 Å². The first-order chi connectivity index (χ1) is 29.0. The van der Waals surface area contributed by atoms with Gasteiger partial charge in [0.1, 0.15) is 11.3 Å². The molecule has 0 radical (unpaired) electrons. The number of ketones is 1. The SMILES string of the molecule is CC(C)(C)OC(=O)Nc1ccc(I)cc1C(=O)C(=O)N1Cc2ccccc2C1.C[Si](C)(C)N=C=N[Si](C)(C)C.Nc1nc(C(=O)N2Cc3ccccc3C2)c2cc(I)ccc2n1. The van der Waals surface area contributed by atoms with E-state index in [4.69, 9.17) is 10.5 Å². The molecule has 0 saturated heterocycles. The molecule has 0 fully saturated rings. The fourth-order valence-corrected chi connectivity index (χ4v) is 7.98. The van der Waals surface area contributed by atoms with Crippen molar-refractivity contribution in [3.05, 3.63) is 126 Å². The van der Waals surface area contributed by atoms with Crippen molar-refractivity contribution in [3.63, 3.8) is 0 Å². The molecule has 1 aromatic heterocycles. The quantitative estimate of drug-likeness (QED) is 0.0556. The number of hydrogen-bond donors (Lipinski definition) is 2. The highest BCUT2D eigenvalue weighted by atomic mass is 127. The number of Topliss-reactive ketones (excluding diaryl/α,β-unsaturated/α-hetero) is 1. The third kappa shape index (κ3) is 13.8. The number of hydrogen-bond acceptors (Lipinski definition) is 10. The predicted molar refractivity (Wildman–Crippen MR) is 267 cm³/mol. The first-order valence-corrected chi connectivity index (χ1v) is 29.0. The molecule has 0 spiro atoms. The van der Waals surface area contributed by atoms with Crippen molar-refractivity contribution < 1.29 is 23.9 Å². The standard InChI is InChI=1S/C21H21IN2O4.C17H13IN4O.C7H18N2Si2/c1-21(2,3)28-20(27)23-17-9-8-15(22)10-16(17)18(25)19(26)24-11-13-6-4-5-7-14(13)12-24;18-12-5-6-14-13(7-12)15(21-17(19)20-14)16(23)22-8-10-3-1-2-4-11(10)9-22;1-10(2,3)8-7-9-11(4,5)6/h4-10H,11-12H2,1-3H3,(H,23,27);1-7H,8-9H2,(H2,19,20,21);1-6H3. The van der Waals surface area contributed by atoms with Crippen molar-refractivity contribution in [1.29, 1.82) is 0 Å². The zero-order chi connectivity index (χ0) is 45.6. The van der Waals surface area contributed by atoms with Crippen molar-refractivity contribution in [2.75, 3.05) is 11.1 Å². The lowest BCUT2D eigenvalue weighted by atomic mass is 10.1. The summed E-state index contributed by atoms with van der Waals surface area (Å²) in [6.45, 7) is 20.3. The average Bonchev–Trinajstić information content (AvgIpc) is 3.81. The van der Waals surface area contributed by atoms with Crippen molar-refractivity contribution in [1.82, 2.24) is 19.8 Å². The zero-order valence-electron chi connectivity index (χ0n) is 36.5. The van der Waals surface area contributed by atoms with Crippen LogP contribution >= 0.6 is 45.2 Å². The van der Waals surface area contributed by atoms with Crippen LogP contribution in [0, 0.1) is 7.14 Å². The molecule has 2 aliphatic heterocycles. The number of carbonyl (C=O) groups excluding carboxylic acids is 4. The lowest BCUT2D eigenvalue weighted by Crippen LogP contribution is -2.33. The summed E-state index contributed by atoms with van der Waals surface area (Å²) < 4.78 is 15.7. The second kappa shape index (κ2) is 20.1. The molecular formula is C45H52I2N8O5Si2. The molecule has 5 aromatic rings. The number of benzene rings is 4. The number of nitrogens with zero attached hydrogens (tertiary/aromatic N) is 6. The highest BCUT2D eigenvalue weighted by Crippen LogP contribution is 2.28. The van der Waals surface area contributed by atoms with Crippen molar-refractivity contribution in [2.45, 2.75) is 91.8 Å². The van der Waals surface area contributed by atoms with Gasteiger partial charge in [0.25, 0.3) is 17.6 Å². The summed E-state index contributed by atoms with van der Waals surface area (Å²) in [5.74, 6) is -1.23. The van der Waals surface area contributed by atoms with E-state index >= 15 is 0 Å². The van der Waals surface area contributed by atoms with Gasteiger partial charge in [-0.3, -0.25) is 29.0 Å². The van der Waals surface area contributed by atoms with Gasteiger partial charge in [-0.25, -0.2) is 14.8 Å². The van der Waals surface area contributed by atoms with Gasteiger partial charge in [0.05, 0.1) is 22.8 Å². The van der Waals surface area contributed by atoms with Crippen LogP contribution in [-0.4, -0.2) is 71.5 Å². The van der Waals surface area contributed by atoms with Crippen LogP contribution in [0.3, 0.4) is 0 Å². The highest BCUT2D eigenvalue weighted by molar-refractivity contribution is 14.1. The van der Waals surface area contributed by atoms with E-state index in [9.17, 15) is 19.2 Å². The first-order valence-electron chi connectivity index (χ1n) is 19.9. The Morgan fingerprint density at radius 3 is 1.71 bits per heavy atom. The predicted octanol–water partition coefficient (Wildman–Crippen LogP) is 10.2. The Bertz CT molecular complexity index is 2510. The minimum absolute atomic E-state index is 0.109. The Balaban J connectivity index is 0.000000192. The third-order valence-electron chi connectivity index (χ3n) is 8.96. The number of nitrogen functional groups attached to an aromatic ring is 1. The molecule has 7 rings (SSSR count). The molecule has 17 heteroatoms. The number of nitrogens with one attached hydrogen (secondary N) is 1. The number of nitrogens with two attached hydrogens (primary N) is 1. The number of aromatic nitrogens is 2. The molecule has 3 amide bonds. The van der Waals surface area contributed by atoms with E-state index in [1.165, 1.54) is 16.0 Å². The first kappa shape index (κ1) is 48.2. The summed E-state index contributed by atoms with van der Waals surface area (Å²) >= 11 is 4.28. The second-order valence-electron chi connectivity index (χ2n) is 17.8. The van der Waals surface area contributed by atoms with Crippen LogP contribution in [0.5, 0.6) is 0 Å². The maximum Gasteiger partial charge on any atom is 0.412 e. The Hall–Kier alpha value is -4.83. The number of ether oxygens (including phenoxy) is 1. The van der Waals surface area contributed by atoms with Crippen LogP contribution < -0.4 is 11.1 Å². The maximum absolute atomic E-state index is 13.0. The maximum atomic E-state index is 13.0. The number of anilines is 2. The Kier molecular flexibility index (Phi) is 15.7. The van der Waals surface area contributed by atoms with Gasteiger partial charge in [-0.05, 0) is 164 Å². The van der Waals surface area contributed by atoms with Gasteiger partial charge < -0.3 is 20.3 Å². The fourth-order valence-electron chi connectivity index (χ4n) is 6.20. The largest absolute Gasteiger partial charge is 0.444 e. The number of amides is 3. The second-order valence-corrected chi connectivity index (χ2v) is 29.4. The van der Waals surface area contributed by atoms with Crippen LogP contribution in [-0.2, 0) is 35.7 Å². The van der Waals surface area contributed by atoms with Crippen LogP contribution in [0.25, 0.3) is 10.9 Å².